The lowest BCUT2D eigenvalue weighted by atomic mass is 10.0. The van der Waals surface area contributed by atoms with E-state index in [2.05, 4.69) is 27.5 Å². The van der Waals surface area contributed by atoms with Crippen molar-refractivity contribution in [2.75, 3.05) is 19.6 Å². The van der Waals surface area contributed by atoms with Crippen molar-refractivity contribution in [3.8, 4) is 5.69 Å². The number of halogens is 2. The number of carbonyl (C=O) groups is 1. The van der Waals surface area contributed by atoms with Crippen LogP contribution in [-0.2, 0) is 0 Å². The predicted octanol–water partition coefficient (Wildman–Crippen LogP) is 3.57. The van der Waals surface area contributed by atoms with Crippen LogP contribution in [0.5, 0.6) is 0 Å². The van der Waals surface area contributed by atoms with Crippen LogP contribution in [0.1, 0.15) is 42.4 Å². The Morgan fingerprint density at radius 1 is 1.23 bits per heavy atom. The van der Waals surface area contributed by atoms with E-state index in [1.54, 1.807) is 10.9 Å². The summed E-state index contributed by atoms with van der Waals surface area (Å²) in [6.45, 7) is 6.67. The Bertz CT molecular complexity index is 981. The highest BCUT2D eigenvalue weighted by atomic mass is 35.5. The maximum atomic E-state index is 13.3. The fraction of sp³-hybridized carbons (Fsp3) is 0.429. The summed E-state index contributed by atoms with van der Waals surface area (Å²) in [5.74, 6) is -0.0144. The van der Waals surface area contributed by atoms with E-state index >= 15 is 0 Å². The van der Waals surface area contributed by atoms with Gasteiger partial charge in [0.15, 0.2) is 5.69 Å². The second kappa shape index (κ2) is 10.7. The molecule has 0 radical (unpaired) electrons. The molecule has 0 atom stereocenters. The minimum absolute atomic E-state index is 0. The molecule has 30 heavy (non-hydrogen) atoms. The Labute approximate surface area is 189 Å². The summed E-state index contributed by atoms with van der Waals surface area (Å²) in [5, 5.41) is 14.1. The molecule has 1 aliphatic heterocycles. The zero-order valence-electron chi connectivity index (χ0n) is 17.2. The van der Waals surface area contributed by atoms with Crippen molar-refractivity contribution >= 4 is 41.5 Å². The van der Waals surface area contributed by atoms with Gasteiger partial charge in [0, 0.05) is 35.8 Å². The standard InChI is InChI=1S/C21H26N6O.2ClH/c1-3-13-26(17-7-10-22-11-8-17)21(28)20-15(2)27(25-24-20)19-6-4-5-16-14-23-12-9-18(16)19;;/h4-6,9,12,14,17,22H,3,7-8,10-11,13H2,1-2H3;2*1H. The van der Waals surface area contributed by atoms with Gasteiger partial charge in [-0.05, 0) is 51.4 Å². The molecule has 0 saturated carbocycles. The van der Waals surface area contributed by atoms with Crippen LogP contribution in [0.15, 0.2) is 36.7 Å². The topological polar surface area (TPSA) is 75.9 Å². The number of hydrogen-bond donors (Lipinski definition) is 1. The lowest BCUT2D eigenvalue weighted by Gasteiger charge is -2.34. The van der Waals surface area contributed by atoms with Gasteiger partial charge < -0.3 is 10.2 Å². The average molecular weight is 451 g/mol. The summed E-state index contributed by atoms with van der Waals surface area (Å²) in [7, 11) is 0. The number of fused-ring (bicyclic) bond motifs is 1. The van der Waals surface area contributed by atoms with E-state index < -0.39 is 0 Å². The quantitative estimate of drug-likeness (QED) is 0.642. The molecule has 7 nitrogen and oxygen atoms in total. The molecule has 1 aromatic carbocycles. The first-order valence-corrected chi connectivity index (χ1v) is 9.97. The molecule has 3 aromatic rings. The van der Waals surface area contributed by atoms with Gasteiger partial charge in [-0.25, -0.2) is 4.68 Å². The fourth-order valence-corrected chi connectivity index (χ4v) is 3.99. The summed E-state index contributed by atoms with van der Waals surface area (Å²) in [6, 6.07) is 8.22. The number of nitrogens with one attached hydrogen (secondary N) is 1. The lowest BCUT2D eigenvalue weighted by Crippen LogP contribution is -2.46. The van der Waals surface area contributed by atoms with Gasteiger partial charge >= 0.3 is 0 Å². The Kier molecular flexibility index (Phi) is 8.58. The SMILES string of the molecule is CCCN(C(=O)c1nnn(-c2cccc3cnccc23)c1C)C1CCNCC1.Cl.Cl. The molecule has 0 bridgehead atoms. The van der Waals surface area contributed by atoms with E-state index in [9.17, 15) is 4.79 Å². The van der Waals surface area contributed by atoms with E-state index in [-0.39, 0.29) is 36.8 Å². The Hall–Kier alpha value is -2.22. The lowest BCUT2D eigenvalue weighted by molar-refractivity contribution is 0.0635. The summed E-state index contributed by atoms with van der Waals surface area (Å²) < 4.78 is 1.77. The van der Waals surface area contributed by atoms with Crippen LogP contribution in [0.4, 0.5) is 0 Å². The molecule has 0 spiro atoms. The van der Waals surface area contributed by atoms with Gasteiger partial charge in [-0.2, -0.15) is 0 Å². The monoisotopic (exact) mass is 450 g/mol. The normalized spacial score (nSPS) is 14.1. The largest absolute Gasteiger partial charge is 0.334 e. The van der Waals surface area contributed by atoms with Gasteiger partial charge in [-0.1, -0.05) is 24.3 Å². The minimum Gasteiger partial charge on any atom is -0.334 e. The van der Waals surface area contributed by atoms with Crippen molar-refractivity contribution in [1.82, 2.24) is 30.2 Å². The maximum absolute atomic E-state index is 13.3. The van der Waals surface area contributed by atoms with Crippen LogP contribution in [0.3, 0.4) is 0 Å². The van der Waals surface area contributed by atoms with Crippen LogP contribution in [0.25, 0.3) is 16.5 Å². The zero-order chi connectivity index (χ0) is 19.5. The molecular weight excluding hydrogens is 423 g/mol. The maximum Gasteiger partial charge on any atom is 0.276 e. The highest BCUT2D eigenvalue weighted by molar-refractivity contribution is 5.94. The summed E-state index contributed by atoms with van der Waals surface area (Å²) in [6.07, 6.45) is 6.49. The second-order valence-electron chi connectivity index (χ2n) is 7.29. The molecule has 9 heteroatoms. The number of nitrogens with zero attached hydrogens (tertiary/aromatic N) is 5. The third-order valence-corrected chi connectivity index (χ3v) is 5.46. The number of aromatic nitrogens is 4. The number of carbonyl (C=O) groups excluding carboxylic acids is 1. The molecule has 1 aliphatic rings. The van der Waals surface area contributed by atoms with Crippen LogP contribution in [0, 0.1) is 6.92 Å². The summed E-state index contributed by atoms with van der Waals surface area (Å²) >= 11 is 0. The Morgan fingerprint density at radius 2 is 2.00 bits per heavy atom. The molecular formula is C21H28Cl2N6O. The van der Waals surface area contributed by atoms with E-state index in [0.29, 0.717) is 5.69 Å². The smallest absolute Gasteiger partial charge is 0.276 e. The number of piperidine rings is 1. The van der Waals surface area contributed by atoms with Crippen molar-refractivity contribution in [3.05, 3.63) is 48.0 Å². The van der Waals surface area contributed by atoms with Gasteiger partial charge in [0.25, 0.3) is 5.91 Å². The number of amides is 1. The zero-order valence-corrected chi connectivity index (χ0v) is 18.9. The molecule has 2 aromatic heterocycles. The molecule has 0 aliphatic carbocycles. The van der Waals surface area contributed by atoms with Crippen LogP contribution >= 0.6 is 24.8 Å². The van der Waals surface area contributed by atoms with Crippen molar-refractivity contribution in [1.29, 1.82) is 0 Å². The molecule has 1 fully saturated rings. The average Bonchev–Trinajstić information content (AvgIpc) is 3.13. The fourth-order valence-electron chi connectivity index (χ4n) is 3.99. The van der Waals surface area contributed by atoms with Crippen LogP contribution < -0.4 is 5.32 Å². The summed E-state index contributed by atoms with van der Waals surface area (Å²) in [5.41, 5.74) is 2.12. The van der Waals surface area contributed by atoms with E-state index in [1.165, 1.54) is 0 Å². The molecule has 0 unspecified atom stereocenters. The Morgan fingerprint density at radius 3 is 2.73 bits per heavy atom. The third kappa shape index (κ3) is 4.58. The first kappa shape index (κ1) is 24.1. The highest BCUT2D eigenvalue weighted by Gasteiger charge is 2.29. The number of pyridine rings is 1. The third-order valence-electron chi connectivity index (χ3n) is 5.46. The van der Waals surface area contributed by atoms with Crippen molar-refractivity contribution in [3.63, 3.8) is 0 Å². The number of rotatable bonds is 5. The van der Waals surface area contributed by atoms with Gasteiger partial charge in [0.1, 0.15) is 0 Å². The van der Waals surface area contributed by atoms with Gasteiger partial charge in [0.05, 0.1) is 11.4 Å². The van der Waals surface area contributed by atoms with Crippen molar-refractivity contribution in [2.24, 2.45) is 0 Å². The number of hydrogen-bond acceptors (Lipinski definition) is 5. The van der Waals surface area contributed by atoms with Crippen molar-refractivity contribution in [2.45, 2.75) is 39.2 Å². The predicted molar refractivity (Wildman–Crippen MR) is 123 cm³/mol. The molecule has 1 saturated heterocycles. The molecule has 3 heterocycles. The van der Waals surface area contributed by atoms with Crippen LogP contribution in [0.2, 0.25) is 0 Å². The first-order valence-electron chi connectivity index (χ1n) is 9.97. The van der Waals surface area contributed by atoms with Crippen LogP contribution in [-0.4, -0.2) is 56.5 Å². The van der Waals surface area contributed by atoms with E-state index in [4.69, 9.17) is 0 Å². The van der Waals surface area contributed by atoms with Gasteiger partial charge in [-0.3, -0.25) is 9.78 Å². The first-order chi connectivity index (χ1) is 13.7. The van der Waals surface area contributed by atoms with Gasteiger partial charge in [0.2, 0.25) is 0 Å². The molecule has 162 valence electrons. The molecule has 1 amide bonds. The van der Waals surface area contributed by atoms with Gasteiger partial charge in [-0.15, -0.1) is 29.9 Å². The van der Waals surface area contributed by atoms with E-state index in [1.807, 2.05) is 42.3 Å². The highest BCUT2D eigenvalue weighted by Crippen LogP contribution is 2.24. The second-order valence-corrected chi connectivity index (χ2v) is 7.29. The summed E-state index contributed by atoms with van der Waals surface area (Å²) in [4.78, 5) is 19.5. The minimum atomic E-state index is -0.0144. The molecule has 1 N–H and O–H groups in total. The van der Waals surface area contributed by atoms with Crippen molar-refractivity contribution < 1.29 is 4.79 Å². The number of benzene rings is 1. The Balaban J connectivity index is 0.00000160. The molecule has 4 rings (SSSR count). The van der Waals surface area contributed by atoms with E-state index in [0.717, 1.165) is 61.1 Å².